The second kappa shape index (κ2) is 5.94. The molecule has 0 radical (unpaired) electrons. The SMILES string of the molecule is Cc1nc2ccccc2nc1N1CCN(CCCl)CC1. The largest absolute Gasteiger partial charge is 0.353 e. The minimum atomic E-state index is 0.703. The third-order valence-electron chi connectivity index (χ3n) is 3.79. The van der Waals surface area contributed by atoms with Gasteiger partial charge in [-0.2, -0.15) is 0 Å². The van der Waals surface area contributed by atoms with Gasteiger partial charge < -0.3 is 4.90 Å². The highest BCUT2D eigenvalue weighted by Crippen LogP contribution is 2.21. The molecule has 4 nitrogen and oxygen atoms in total. The number of halogens is 1. The zero-order chi connectivity index (χ0) is 13.9. The van der Waals surface area contributed by atoms with Crippen molar-refractivity contribution in [3.63, 3.8) is 0 Å². The van der Waals surface area contributed by atoms with E-state index in [4.69, 9.17) is 16.6 Å². The van der Waals surface area contributed by atoms with Crippen molar-refractivity contribution in [2.75, 3.05) is 43.5 Å². The lowest BCUT2D eigenvalue weighted by Crippen LogP contribution is -2.47. The molecule has 1 fully saturated rings. The van der Waals surface area contributed by atoms with E-state index in [1.54, 1.807) is 0 Å². The molecular formula is C15H19ClN4. The molecule has 0 amide bonds. The van der Waals surface area contributed by atoms with E-state index >= 15 is 0 Å². The van der Waals surface area contributed by atoms with E-state index in [-0.39, 0.29) is 0 Å². The second-order valence-corrected chi connectivity index (χ2v) is 5.52. The smallest absolute Gasteiger partial charge is 0.150 e. The van der Waals surface area contributed by atoms with Crippen LogP contribution in [0, 0.1) is 6.92 Å². The molecule has 0 bridgehead atoms. The Morgan fingerprint density at radius 3 is 2.35 bits per heavy atom. The molecule has 3 rings (SSSR count). The molecule has 1 aromatic carbocycles. The number of rotatable bonds is 3. The van der Waals surface area contributed by atoms with Gasteiger partial charge in [0.25, 0.3) is 0 Å². The van der Waals surface area contributed by atoms with Crippen molar-refractivity contribution in [1.82, 2.24) is 14.9 Å². The quantitative estimate of drug-likeness (QED) is 0.812. The predicted molar refractivity (Wildman–Crippen MR) is 83.6 cm³/mol. The topological polar surface area (TPSA) is 32.3 Å². The van der Waals surface area contributed by atoms with Crippen LogP contribution in [-0.4, -0.2) is 53.5 Å². The number of aryl methyl sites for hydroxylation is 1. The average Bonchev–Trinajstić information content (AvgIpc) is 2.48. The fraction of sp³-hybridized carbons (Fsp3) is 0.467. The van der Waals surface area contributed by atoms with Gasteiger partial charge in [-0.1, -0.05) is 12.1 Å². The minimum Gasteiger partial charge on any atom is -0.353 e. The van der Waals surface area contributed by atoms with Gasteiger partial charge in [-0.3, -0.25) is 4.90 Å². The summed E-state index contributed by atoms with van der Waals surface area (Å²) in [6.45, 7) is 7.08. The molecular weight excluding hydrogens is 272 g/mol. The number of alkyl halides is 1. The second-order valence-electron chi connectivity index (χ2n) is 5.14. The fourth-order valence-corrected chi connectivity index (χ4v) is 2.92. The molecule has 5 heteroatoms. The summed E-state index contributed by atoms with van der Waals surface area (Å²) in [5.74, 6) is 1.73. The van der Waals surface area contributed by atoms with Crippen LogP contribution in [0.2, 0.25) is 0 Å². The van der Waals surface area contributed by atoms with Crippen molar-refractivity contribution in [2.24, 2.45) is 0 Å². The summed E-state index contributed by atoms with van der Waals surface area (Å²) >= 11 is 5.80. The van der Waals surface area contributed by atoms with Gasteiger partial charge >= 0.3 is 0 Å². The molecule has 0 unspecified atom stereocenters. The standard InChI is InChI=1S/C15H19ClN4/c1-12-15(18-14-5-3-2-4-13(14)17-12)20-10-8-19(7-6-16)9-11-20/h2-5H,6-11H2,1H3. The normalized spacial score (nSPS) is 16.8. The minimum absolute atomic E-state index is 0.703. The van der Waals surface area contributed by atoms with E-state index in [0.717, 1.165) is 55.3 Å². The molecule has 0 atom stereocenters. The maximum Gasteiger partial charge on any atom is 0.150 e. The lowest BCUT2D eigenvalue weighted by Gasteiger charge is -2.35. The first kappa shape index (κ1) is 13.6. The number of hydrogen-bond acceptors (Lipinski definition) is 4. The van der Waals surface area contributed by atoms with Crippen molar-refractivity contribution >= 4 is 28.5 Å². The number of hydrogen-bond donors (Lipinski definition) is 0. The Hall–Kier alpha value is -1.39. The molecule has 1 aliphatic heterocycles. The molecule has 20 heavy (non-hydrogen) atoms. The van der Waals surface area contributed by atoms with Crippen LogP contribution in [0.3, 0.4) is 0 Å². The molecule has 0 aliphatic carbocycles. The summed E-state index contributed by atoms with van der Waals surface area (Å²) in [5, 5.41) is 0. The van der Waals surface area contributed by atoms with E-state index in [9.17, 15) is 0 Å². The van der Waals surface area contributed by atoms with Gasteiger partial charge in [0.1, 0.15) is 0 Å². The number of piperazine rings is 1. The monoisotopic (exact) mass is 290 g/mol. The average molecular weight is 291 g/mol. The zero-order valence-corrected chi connectivity index (χ0v) is 12.5. The van der Waals surface area contributed by atoms with E-state index in [1.807, 2.05) is 31.2 Å². The number of benzene rings is 1. The molecule has 2 heterocycles. The Balaban J connectivity index is 1.82. The van der Waals surface area contributed by atoms with Crippen molar-refractivity contribution in [3.05, 3.63) is 30.0 Å². The van der Waals surface area contributed by atoms with Crippen molar-refractivity contribution in [3.8, 4) is 0 Å². The van der Waals surface area contributed by atoms with Crippen LogP contribution in [0.15, 0.2) is 24.3 Å². The molecule has 1 aromatic heterocycles. The number of nitrogens with zero attached hydrogens (tertiary/aromatic N) is 4. The van der Waals surface area contributed by atoms with E-state index in [0.29, 0.717) is 5.88 Å². The van der Waals surface area contributed by atoms with Gasteiger partial charge in [0.05, 0.1) is 16.7 Å². The summed E-state index contributed by atoms with van der Waals surface area (Å²) in [6.07, 6.45) is 0. The highest BCUT2D eigenvalue weighted by molar-refractivity contribution is 6.18. The van der Waals surface area contributed by atoms with Crippen molar-refractivity contribution in [2.45, 2.75) is 6.92 Å². The van der Waals surface area contributed by atoms with Crippen LogP contribution < -0.4 is 4.90 Å². The highest BCUT2D eigenvalue weighted by Gasteiger charge is 2.19. The van der Waals surface area contributed by atoms with Gasteiger partial charge in [0.15, 0.2) is 5.82 Å². The summed E-state index contributed by atoms with van der Waals surface area (Å²) in [7, 11) is 0. The number of fused-ring (bicyclic) bond motifs is 1. The first-order valence-electron chi connectivity index (χ1n) is 7.04. The molecule has 1 aliphatic rings. The lowest BCUT2D eigenvalue weighted by molar-refractivity contribution is 0.272. The number of anilines is 1. The van der Waals surface area contributed by atoms with E-state index in [1.165, 1.54) is 0 Å². The Morgan fingerprint density at radius 2 is 1.70 bits per heavy atom. The van der Waals surface area contributed by atoms with Gasteiger partial charge in [0, 0.05) is 38.6 Å². The van der Waals surface area contributed by atoms with Crippen LogP contribution >= 0.6 is 11.6 Å². The van der Waals surface area contributed by atoms with E-state index in [2.05, 4.69) is 14.8 Å². The third-order valence-corrected chi connectivity index (χ3v) is 3.96. The van der Waals surface area contributed by atoms with Crippen LogP contribution in [-0.2, 0) is 0 Å². The fourth-order valence-electron chi connectivity index (χ4n) is 2.68. The molecule has 1 saturated heterocycles. The first-order valence-corrected chi connectivity index (χ1v) is 7.58. The Morgan fingerprint density at radius 1 is 1.05 bits per heavy atom. The lowest BCUT2D eigenvalue weighted by atomic mass is 10.2. The van der Waals surface area contributed by atoms with Gasteiger partial charge in [-0.15, -0.1) is 11.6 Å². The van der Waals surface area contributed by atoms with Crippen LogP contribution in [0.5, 0.6) is 0 Å². The van der Waals surface area contributed by atoms with Gasteiger partial charge in [0.2, 0.25) is 0 Å². The number of para-hydroxylation sites is 2. The molecule has 0 N–H and O–H groups in total. The van der Waals surface area contributed by atoms with E-state index < -0.39 is 0 Å². The van der Waals surface area contributed by atoms with Gasteiger partial charge in [-0.05, 0) is 19.1 Å². The molecule has 0 spiro atoms. The van der Waals surface area contributed by atoms with Crippen LogP contribution in [0.25, 0.3) is 11.0 Å². The summed E-state index contributed by atoms with van der Waals surface area (Å²) in [6, 6.07) is 8.04. The van der Waals surface area contributed by atoms with Crippen LogP contribution in [0.4, 0.5) is 5.82 Å². The van der Waals surface area contributed by atoms with Crippen molar-refractivity contribution in [1.29, 1.82) is 0 Å². The Labute approximate surface area is 124 Å². The zero-order valence-electron chi connectivity index (χ0n) is 11.7. The first-order chi connectivity index (χ1) is 9.78. The third kappa shape index (κ3) is 2.72. The molecule has 2 aromatic rings. The maximum atomic E-state index is 5.80. The highest BCUT2D eigenvalue weighted by atomic mass is 35.5. The predicted octanol–water partition coefficient (Wildman–Crippen LogP) is 2.30. The molecule has 106 valence electrons. The van der Waals surface area contributed by atoms with Crippen molar-refractivity contribution < 1.29 is 0 Å². The summed E-state index contributed by atoms with van der Waals surface area (Å²) in [4.78, 5) is 14.2. The Bertz CT molecular complexity index is 593. The Kier molecular flexibility index (Phi) is 4.03. The van der Waals surface area contributed by atoms with Gasteiger partial charge in [-0.25, -0.2) is 9.97 Å². The molecule has 0 saturated carbocycles. The summed E-state index contributed by atoms with van der Waals surface area (Å²) in [5.41, 5.74) is 2.94. The summed E-state index contributed by atoms with van der Waals surface area (Å²) < 4.78 is 0. The maximum absolute atomic E-state index is 5.80. The van der Waals surface area contributed by atoms with Crippen LogP contribution in [0.1, 0.15) is 5.69 Å². The number of aromatic nitrogens is 2.